The number of nitrogens with zero attached hydrogens (tertiary/aromatic N) is 1. The molecule has 0 aliphatic carbocycles. The lowest BCUT2D eigenvalue weighted by Crippen LogP contribution is -2.32. The van der Waals surface area contributed by atoms with Crippen LogP contribution >= 0.6 is 23.2 Å². The Morgan fingerprint density at radius 1 is 1.15 bits per heavy atom. The number of benzene rings is 2. The highest BCUT2D eigenvalue weighted by Crippen LogP contribution is 2.27. The van der Waals surface area contributed by atoms with Gasteiger partial charge in [-0.25, -0.2) is 9.38 Å². The number of para-hydroxylation sites is 1. The number of carbonyl (C=O) groups excluding carboxylic acids is 2. The fourth-order valence-electron chi connectivity index (χ4n) is 2.29. The van der Waals surface area contributed by atoms with Crippen molar-refractivity contribution in [2.24, 2.45) is 4.99 Å². The van der Waals surface area contributed by atoms with Crippen molar-refractivity contribution in [1.82, 2.24) is 5.32 Å². The van der Waals surface area contributed by atoms with Crippen molar-refractivity contribution < 1.29 is 18.4 Å². The second kappa shape index (κ2) is 7.27. The zero-order valence-corrected chi connectivity index (χ0v) is 14.9. The van der Waals surface area contributed by atoms with E-state index in [4.69, 9.17) is 27.6 Å². The minimum Gasteiger partial charge on any atom is -0.436 e. The van der Waals surface area contributed by atoms with E-state index in [0.29, 0.717) is 10.4 Å². The van der Waals surface area contributed by atoms with Crippen molar-refractivity contribution >= 4 is 51.7 Å². The van der Waals surface area contributed by atoms with E-state index in [2.05, 4.69) is 10.3 Å². The molecule has 1 aromatic heterocycles. The van der Waals surface area contributed by atoms with Gasteiger partial charge in [0.15, 0.2) is 5.58 Å². The Morgan fingerprint density at radius 2 is 1.88 bits per heavy atom. The highest BCUT2D eigenvalue weighted by atomic mass is 35.5. The van der Waals surface area contributed by atoms with Crippen molar-refractivity contribution in [3.05, 3.63) is 69.4 Å². The van der Waals surface area contributed by atoms with E-state index in [1.165, 1.54) is 37.3 Å². The lowest BCUT2D eigenvalue weighted by atomic mass is 10.1. The molecule has 26 heavy (non-hydrogen) atoms. The summed E-state index contributed by atoms with van der Waals surface area (Å²) < 4.78 is 19.6. The summed E-state index contributed by atoms with van der Waals surface area (Å²) in [7, 11) is 0. The fraction of sp³-hybridized carbons (Fsp3) is 0.0556. The van der Waals surface area contributed by atoms with Gasteiger partial charge in [0.05, 0.1) is 5.02 Å². The molecule has 0 fully saturated rings. The maximum absolute atomic E-state index is 13.9. The Kier molecular flexibility index (Phi) is 5.06. The molecule has 0 radical (unpaired) electrons. The van der Waals surface area contributed by atoms with Gasteiger partial charge in [0.2, 0.25) is 11.5 Å². The Labute approximate surface area is 157 Å². The Hall–Kier alpha value is -2.70. The van der Waals surface area contributed by atoms with Gasteiger partial charge < -0.3 is 4.42 Å². The van der Waals surface area contributed by atoms with E-state index in [-0.39, 0.29) is 27.4 Å². The zero-order chi connectivity index (χ0) is 18.8. The van der Waals surface area contributed by atoms with E-state index in [1.807, 2.05) is 0 Å². The molecule has 0 spiro atoms. The van der Waals surface area contributed by atoms with Gasteiger partial charge in [-0.15, -0.1) is 0 Å². The number of hydrogen-bond acceptors (Lipinski definition) is 4. The molecule has 1 N–H and O–H groups in total. The topological polar surface area (TPSA) is 71.7 Å². The molecular formula is C18H11Cl2FN2O3. The Bertz CT molecular complexity index is 1110. The molecule has 0 bridgehead atoms. The SMILES string of the molecule is CC(=O)NC(=O)c1cc2cc(Cl)cc(Cl)c2oc1=Nc1ccccc1F. The molecule has 0 aliphatic rings. The molecule has 3 aromatic rings. The highest BCUT2D eigenvalue weighted by molar-refractivity contribution is 6.38. The second-order valence-corrected chi connectivity index (χ2v) is 6.19. The molecular weight excluding hydrogens is 382 g/mol. The summed E-state index contributed by atoms with van der Waals surface area (Å²) in [5.41, 5.74) is -0.0528. The number of fused-ring (bicyclic) bond motifs is 1. The van der Waals surface area contributed by atoms with Crippen LogP contribution in [0.1, 0.15) is 17.3 Å². The molecule has 132 valence electrons. The van der Waals surface area contributed by atoms with Gasteiger partial charge in [-0.2, -0.15) is 0 Å². The van der Waals surface area contributed by atoms with Crippen LogP contribution in [-0.4, -0.2) is 11.8 Å². The molecule has 3 rings (SSSR count). The van der Waals surface area contributed by atoms with E-state index < -0.39 is 17.6 Å². The zero-order valence-electron chi connectivity index (χ0n) is 13.3. The monoisotopic (exact) mass is 392 g/mol. The van der Waals surface area contributed by atoms with Crippen LogP contribution in [0.5, 0.6) is 0 Å². The third-order valence-corrected chi connectivity index (χ3v) is 3.87. The van der Waals surface area contributed by atoms with E-state index in [1.54, 1.807) is 12.1 Å². The summed E-state index contributed by atoms with van der Waals surface area (Å²) in [6.45, 7) is 1.19. The third kappa shape index (κ3) is 3.76. The minimum absolute atomic E-state index is 0.0300. The summed E-state index contributed by atoms with van der Waals surface area (Å²) in [6, 6.07) is 10.2. The number of carbonyl (C=O) groups is 2. The van der Waals surface area contributed by atoms with Crippen LogP contribution in [0.15, 0.2) is 51.9 Å². The first-order valence-electron chi connectivity index (χ1n) is 7.39. The molecule has 2 amide bonds. The quantitative estimate of drug-likeness (QED) is 0.702. The maximum Gasteiger partial charge on any atom is 0.263 e. The van der Waals surface area contributed by atoms with Gasteiger partial charge >= 0.3 is 0 Å². The van der Waals surface area contributed by atoms with E-state index in [0.717, 1.165) is 0 Å². The van der Waals surface area contributed by atoms with Gasteiger partial charge in [-0.1, -0.05) is 35.3 Å². The first kappa shape index (κ1) is 18.1. The van der Waals surface area contributed by atoms with Crippen molar-refractivity contribution in [3.8, 4) is 0 Å². The van der Waals surface area contributed by atoms with Crippen LogP contribution in [0.3, 0.4) is 0 Å². The predicted molar refractivity (Wildman–Crippen MR) is 96.0 cm³/mol. The van der Waals surface area contributed by atoms with E-state index >= 15 is 0 Å². The molecule has 2 aromatic carbocycles. The number of amides is 2. The number of hydrogen-bond donors (Lipinski definition) is 1. The first-order valence-corrected chi connectivity index (χ1v) is 8.15. The average Bonchev–Trinajstić information content (AvgIpc) is 2.56. The van der Waals surface area contributed by atoms with Gasteiger partial charge in [0.1, 0.15) is 17.1 Å². The van der Waals surface area contributed by atoms with Crippen LogP contribution in [0, 0.1) is 5.82 Å². The lowest BCUT2D eigenvalue weighted by molar-refractivity contribution is -0.118. The fourth-order valence-corrected chi connectivity index (χ4v) is 2.84. The summed E-state index contributed by atoms with van der Waals surface area (Å²) in [4.78, 5) is 27.7. The van der Waals surface area contributed by atoms with Crippen LogP contribution in [0.25, 0.3) is 11.0 Å². The van der Waals surface area contributed by atoms with Crippen LogP contribution in [0.2, 0.25) is 10.0 Å². The lowest BCUT2D eigenvalue weighted by Gasteiger charge is -2.06. The highest BCUT2D eigenvalue weighted by Gasteiger charge is 2.16. The number of halogens is 3. The summed E-state index contributed by atoms with van der Waals surface area (Å²) in [6.07, 6.45) is 0. The average molecular weight is 393 g/mol. The van der Waals surface area contributed by atoms with Crippen molar-refractivity contribution in [3.63, 3.8) is 0 Å². The Morgan fingerprint density at radius 3 is 2.58 bits per heavy atom. The van der Waals surface area contributed by atoms with Gasteiger partial charge in [-0.05, 0) is 30.3 Å². The molecule has 0 saturated carbocycles. The van der Waals surface area contributed by atoms with Crippen molar-refractivity contribution in [1.29, 1.82) is 0 Å². The molecule has 0 unspecified atom stereocenters. The molecule has 8 heteroatoms. The predicted octanol–water partition coefficient (Wildman–Crippen LogP) is 4.39. The third-order valence-electron chi connectivity index (χ3n) is 3.37. The number of rotatable bonds is 2. The van der Waals surface area contributed by atoms with Crippen LogP contribution < -0.4 is 10.9 Å². The standard InChI is InChI=1S/C18H11Cl2FN2O3/c1-9(24)22-17(25)12-7-10-6-11(19)8-13(20)16(10)26-18(12)23-15-5-3-2-4-14(15)21/h2-8H,1H3,(H,22,24,25). The van der Waals surface area contributed by atoms with Gasteiger partial charge in [0, 0.05) is 17.3 Å². The van der Waals surface area contributed by atoms with Crippen LogP contribution in [-0.2, 0) is 4.79 Å². The molecule has 5 nitrogen and oxygen atoms in total. The molecule has 0 atom stereocenters. The largest absolute Gasteiger partial charge is 0.436 e. The summed E-state index contributed by atoms with van der Waals surface area (Å²) >= 11 is 12.1. The smallest absolute Gasteiger partial charge is 0.263 e. The van der Waals surface area contributed by atoms with Gasteiger partial charge in [-0.3, -0.25) is 14.9 Å². The van der Waals surface area contributed by atoms with Crippen LogP contribution in [0.4, 0.5) is 10.1 Å². The normalized spacial score (nSPS) is 11.6. The minimum atomic E-state index is -0.741. The first-order chi connectivity index (χ1) is 12.3. The summed E-state index contributed by atoms with van der Waals surface area (Å²) in [5.74, 6) is -1.90. The van der Waals surface area contributed by atoms with E-state index in [9.17, 15) is 14.0 Å². The van der Waals surface area contributed by atoms with Crippen molar-refractivity contribution in [2.45, 2.75) is 6.92 Å². The van der Waals surface area contributed by atoms with Crippen molar-refractivity contribution in [2.75, 3.05) is 0 Å². The van der Waals surface area contributed by atoms with Gasteiger partial charge in [0.25, 0.3) is 5.91 Å². The molecule has 1 heterocycles. The number of nitrogens with one attached hydrogen (secondary N) is 1. The Balaban J connectivity index is 2.33. The maximum atomic E-state index is 13.9. The molecule has 0 aliphatic heterocycles. The molecule has 0 saturated heterocycles. The second-order valence-electron chi connectivity index (χ2n) is 5.34. The summed E-state index contributed by atoms with van der Waals surface area (Å²) in [5, 5.41) is 3.12. The number of imide groups is 1.